The molecule has 7 nitrogen and oxygen atoms in total. The fourth-order valence-corrected chi connectivity index (χ4v) is 3.34. The van der Waals surface area contributed by atoms with E-state index < -0.39 is 0 Å². The summed E-state index contributed by atoms with van der Waals surface area (Å²) in [4.78, 5) is 26.0. The van der Waals surface area contributed by atoms with E-state index in [1.54, 1.807) is 34.8 Å². The number of nitrogens with zero attached hydrogens (tertiary/aromatic N) is 4. The summed E-state index contributed by atoms with van der Waals surface area (Å²) in [5.74, 6) is 1.40. The van der Waals surface area contributed by atoms with E-state index in [0.29, 0.717) is 5.95 Å². The van der Waals surface area contributed by atoms with Gasteiger partial charge in [0.25, 0.3) is 5.56 Å². The first-order valence-electron chi connectivity index (χ1n) is 8.93. The largest absolute Gasteiger partial charge is 0.364 e. The Kier molecular flexibility index (Phi) is 5.38. The van der Waals surface area contributed by atoms with Crippen LogP contribution in [0.5, 0.6) is 0 Å². The molecule has 1 aliphatic rings. The summed E-state index contributed by atoms with van der Waals surface area (Å²) in [6, 6.07) is 9.17. The van der Waals surface area contributed by atoms with Gasteiger partial charge in [0.1, 0.15) is 5.82 Å². The number of nitrogens with one attached hydrogen (secondary N) is 2. The summed E-state index contributed by atoms with van der Waals surface area (Å²) in [7, 11) is 0. The Balaban J connectivity index is 1.34. The zero-order chi connectivity index (χ0) is 19.3. The molecule has 1 aliphatic carbocycles. The van der Waals surface area contributed by atoms with Crippen molar-refractivity contribution in [1.29, 1.82) is 0 Å². The van der Waals surface area contributed by atoms with E-state index in [-0.39, 0.29) is 17.6 Å². The molecule has 0 spiro atoms. The smallest absolute Gasteiger partial charge is 0.255 e. The van der Waals surface area contributed by atoms with Crippen LogP contribution >= 0.6 is 11.8 Å². The first kappa shape index (κ1) is 18.2. The molecule has 8 heteroatoms. The van der Waals surface area contributed by atoms with E-state index in [2.05, 4.69) is 37.7 Å². The highest BCUT2D eigenvalue weighted by Gasteiger charge is 2.19. The molecule has 0 radical (unpaired) electrons. The monoisotopic (exact) mass is 392 g/mol. The minimum absolute atomic E-state index is 0.0783. The lowest BCUT2D eigenvalue weighted by molar-refractivity contribution is 0.750. The molecule has 0 aromatic carbocycles. The second-order valence-electron chi connectivity index (χ2n) is 6.38. The molecule has 0 aliphatic heterocycles. The molecule has 0 saturated heterocycles. The van der Waals surface area contributed by atoms with E-state index in [0.717, 1.165) is 22.8 Å². The predicted molar refractivity (Wildman–Crippen MR) is 112 cm³/mol. The van der Waals surface area contributed by atoms with Crippen molar-refractivity contribution in [2.75, 3.05) is 16.9 Å². The number of hydrogen-bond donors (Lipinski definition) is 2. The summed E-state index contributed by atoms with van der Waals surface area (Å²) in [5, 5.41) is 6.73. The third kappa shape index (κ3) is 4.23. The van der Waals surface area contributed by atoms with Gasteiger partial charge >= 0.3 is 0 Å². The predicted octanol–water partition coefficient (Wildman–Crippen LogP) is 2.97. The third-order valence-electron chi connectivity index (χ3n) is 4.44. The second kappa shape index (κ2) is 8.26. The van der Waals surface area contributed by atoms with Gasteiger partial charge in [-0.2, -0.15) is 0 Å². The van der Waals surface area contributed by atoms with Gasteiger partial charge in [-0.05, 0) is 30.9 Å². The van der Waals surface area contributed by atoms with Gasteiger partial charge in [0.05, 0.1) is 11.9 Å². The van der Waals surface area contributed by atoms with Crippen LogP contribution in [-0.2, 0) is 0 Å². The van der Waals surface area contributed by atoms with Gasteiger partial charge in [-0.1, -0.05) is 18.2 Å². The standard InChI is InChI=1S/C20H20N6OS/c1-28-17-12-22-20(23-13-17)25-15-6-5-14(10-15)24-18-8-7-16(11-21-18)26-9-3-2-4-19(26)27/h2-9,11-15H,10H2,1H3,(H,21,24)(H,22,23,25)/t14-,15-/m0/s1. The Morgan fingerprint density at radius 3 is 2.46 bits per heavy atom. The number of anilines is 2. The second-order valence-corrected chi connectivity index (χ2v) is 7.26. The average Bonchev–Trinajstić information content (AvgIpc) is 3.16. The normalized spacial score (nSPS) is 18.2. The fraction of sp³-hybridized carbons (Fsp3) is 0.200. The maximum absolute atomic E-state index is 11.9. The summed E-state index contributed by atoms with van der Waals surface area (Å²) < 4.78 is 1.56. The lowest BCUT2D eigenvalue weighted by atomic mass is 10.2. The van der Waals surface area contributed by atoms with E-state index in [1.165, 1.54) is 6.07 Å². The maximum Gasteiger partial charge on any atom is 0.255 e. The van der Waals surface area contributed by atoms with Crippen molar-refractivity contribution in [2.45, 2.75) is 23.4 Å². The Labute approximate surface area is 167 Å². The lowest BCUT2D eigenvalue weighted by Gasteiger charge is -2.16. The van der Waals surface area contributed by atoms with Crippen LogP contribution in [0.4, 0.5) is 11.8 Å². The molecular formula is C20H20N6OS. The van der Waals surface area contributed by atoms with Gasteiger partial charge in [0, 0.05) is 41.6 Å². The quantitative estimate of drug-likeness (QED) is 0.493. The Morgan fingerprint density at radius 1 is 1.00 bits per heavy atom. The summed E-state index contributed by atoms with van der Waals surface area (Å²) in [6.07, 6.45) is 14.2. The van der Waals surface area contributed by atoms with Gasteiger partial charge in [-0.25, -0.2) is 15.0 Å². The fourth-order valence-electron chi connectivity index (χ4n) is 3.02. The van der Waals surface area contributed by atoms with E-state index in [4.69, 9.17) is 0 Å². The van der Waals surface area contributed by atoms with Crippen LogP contribution < -0.4 is 16.2 Å². The van der Waals surface area contributed by atoms with Crippen LogP contribution in [0.15, 0.2) is 77.0 Å². The van der Waals surface area contributed by atoms with Gasteiger partial charge in [0.2, 0.25) is 5.95 Å². The molecule has 142 valence electrons. The highest BCUT2D eigenvalue weighted by Crippen LogP contribution is 2.19. The highest BCUT2D eigenvalue weighted by atomic mass is 32.2. The van der Waals surface area contributed by atoms with Gasteiger partial charge in [-0.15, -0.1) is 11.8 Å². The molecule has 0 unspecified atom stereocenters. The van der Waals surface area contributed by atoms with Crippen molar-refractivity contribution in [2.24, 2.45) is 0 Å². The van der Waals surface area contributed by atoms with Crippen molar-refractivity contribution >= 4 is 23.5 Å². The number of rotatable bonds is 6. The zero-order valence-corrected chi connectivity index (χ0v) is 16.1. The van der Waals surface area contributed by atoms with Crippen LogP contribution in [0.3, 0.4) is 0 Å². The van der Waals surface area contributed by atoms with Crippen molar-refractivity contribution < 1.29 is 0 Å². The Bertz CT molecular complexity index is 1020. The highest BCUT2D eigenvalue weighted by molar-refractivity contribution is 7.98. The minimum Gasteiger partial charge on any atom is -0.364 e. The minimum atomic E-state index is -0.0783. The molecule has 0 saturated carbocycles. The molecule has 2 N–H and O–H groups in total. The first-order valence-corrected chi connectivity index (χ1v) is 10.2. The summed E-state index contributed by atoms with van der Waals surface area (Å²) in [6.45, 7) is 0. The summed E-state index contributed by atoms with van der Waals surface area (Å²) in [5.41, 5.74) is 0.661. The van der Waals surface area contributed by atoms with E-state index in [9.17, 15) is 4.79 Å². The van der Waals surface area contributed by atoms with Crippen LogP contribution in [0.2, 0.25) is 0 Å². The molecule has 0 bridgehead atoms. The third-order valence-corrected chi connectivity index (χ3v) is 5.13. The Hall–Kier alpha value is -3.13. The number of thioether (sulfide) groups is 1. The van der Waals surface area contributed by atoms with E-state index >= 15 is 0 Å². The van der Waals surface area contributed by atoms with Crippen LogP contribution in [0, 0.1) is 0 Å². The van der Waals surface area contributed by atoms with Crippen molar-refractivity contribution in [1.82, 2.24) is 19.5 Å². The molecule has 0 fully saturated rings. The van der Waals surface area contributed by atoms with Gasteiger partial charge < -0.3 is 10.6 Å². The van der Waals surface area contributed by atoms with Crippen LogP contribution in [0.25, 0.3) is 5.69 Å². The molecular weight excluding hydrogens is 372 g/mol. The summed E-state index contributed by atoms with van der Waals surface area (Å²) >= 11 is 1.62. The van der Waals surface area contributed by atoms with Gasteiger partial charge in [0.15, 0.2) is 0 Å². The molecule has 0 amide bonds. The van der Waals surface area contributed by atoms with Crippen LogP contribution in [-0.4, -0.2) is 37.9 Å². The zero-order valence-electron chi connectivity index (χ0n) is 15.3. The molecule has 3 heterocycles. The number of hydrogen-bond acceptors (Lipinski definition) is 7. The van der Waals surface area contributed by atoms with Gasteiger partial charge in [-0.3, -0.25) is 9.36 Å². The van der Waals surface area contributed by atoms with Crippen molar-refractivity contribution in [3.8, 4) is 5.69 Å². The lowest BCUT2D eigenvalue weighted by Crippen LogP contribution is -2.23. The van der Waals surface area contributed by atoms with E-state index in [1.807, 2.05) is 36.8 Å². The van der Waals surface area contributed by atoms with Crippen molar-refractivity contribution in [3.05, 3.63) is 77.6 Å². The molecule has 28 heavy (non-hydrogen) atoms. The molecule has 2 atom stereocenters. The average molecular weight is 392 g/mol. The number of aromatic nitrogens is 4. The van der Waals surface area contributed by atoms with Crippen LogP contribution in [0.1, 0.15) is 6.42 Å². The SMILES string of the molecule is CSc1cnc(N[C@H]2C=C[C@H](Nc3ccc(-n4ccccc4=O)cn3)C2)nc1. The molecule has 3 aromatic rings. The number of pyridine rings is 2. The topological polar surface area (TPSA) is 84.7 Å². The Morgan fingerprint density at radius 2 is 1.79 bits per heavy atom. The molecule has 3 aromatic heterocycles. The maximum atomic E-state index is 11.9. The molecule has 4 rings (SSSR count). The van der Waals surface area contributed by atoms with Crippen molar-refractivity contribution in [3.63, 3.8) is 0 Å². The first-order chi connectivity index (χ1) is 13.7.